The Bertz CT molecular complexity index is 1260. The number of hydrogen-bond donors (Lipinski definition) is 2. The molecule has 4 rings (SSSR count). The molecule has 2 aromatic carbocycles. The summed E-state index contributed by atoms with van der Waals surface area (Å²) in [5.41, 5.74) is 1.90. The molecule has 2 heterocycles. The van der Waals surface area contributed by atoms with Crippen LogP contribution in [0.25, 0.3) is 0 Å². The van der Waals surface area contributed by atoms with Gasteiger partial charge in [-0.1, -0.05) is 60.3 Å². The Morgan fingerprint density at radius 1 is 1.03 bits per heavy atom. The summed E-state index contributed by atoms with van der Waals surface area (Å²) in [6, 6.07) is 20.7. The van der Waals surface area contributed by atoms with Crippen LogP contribution in [0.1, 0.15) is 39.6 Å². The van der Waals surface area contributed by atoms with E-state index >= 15 is 0 Å². The largest absolute Gasteiger partial charge is 0.345 e. The Hall–Kier alpha value is -3.43. The first kappa shape index (κ1) is 23.7. The molecule has 9 heteroatoms. The summed E-state index contributed by atoms with van der Waals surface area (Å²) >= 11 is 2.99. The average molecular weight is 492 g/mol. The molecule has 0 fully saturated rings. The lowest BCUT2D eigenvalue weighted by Crippen LogP contribution is -2.28. The van der Waals surface area contributed by atoms with Gasteiger partial charge in [0, 0.05) is 18.3 Å². The molecule has 174 valence electrons. The van der Waals surface area contributed by atoms with Gasteiger partial charge in [-0.05, 0) is 36.1 Å². The van der Waals surface area contributed by atoms with E-state index in [9.17, 15) is 9.59 Å². The van der Waals surface area contributed by atoms with Crippen LogP contribution < -0.4 is 10.6 Å². The molecule has 2 N–H and O–H groups in total. The summed E-state index contributed by atoms with van der Waals surface area (Å²) < 4.78 is 1.91. The van der Waals surface area contributed by atoms with Crippen molar-refractivity contribution < 1.29 is 9.59 Å². The summed E-state index contributed by atoms with van der Waals surface area (Å²) in [6.07, 6.45) is 0.706. The number of rotatable bonds is 9. The van der Waals surface area contributed by atoms with E-state index in [2.05, 4.69) is 26.9 Å². The number of hydrogen-bond acceptors (Lipinski definition) is 6. The lowest BCUT2D eigenvalue weighted by molar-refractivity contribution is -0.113. The summed E-state index contributed by atoms with van der Waals surface area (Å²) in [6.45, 7) is 1.93. The molecular formula is C25H25N5O2S2. The predicted molar refractivity (Wildman–Crippen MR) is 136 cm³/mol. The fourth-order valence-electron chi connectivity index (χ4n) is 3.40. The Morgan fingerprint density at radius 3 is 2.56 bits per heavy atom. The van der Waals surface area contributed by atoms with E-state index < -0.39 is 0 Å². The minimum Gasteiger partial charge on any atom is -0.345 e. The van der Waals surface area contributed by atoms with Gasteiger partial charge in [0.1, 0.15) is 5.82 Å². The maximum atomic E-state index is 12.9. The van der Waals surface area contributed by atoms with Crippen LogP contribution in [-0.4, -0.2) is 32.3 Å². The molecule has 0 radical (unpaired) electrons. The van der Waals surface area contributed by atoms with E-state index in [-0.39, 0.29) is 23.6 Å². The summed E-state index contributed by atoms with van der Waals surface area (Å²) in [5.74, 6) is 0.539. The molecule has 0 saturated carbocycles. The topological polar surface area (TPSA) is 88.9 Å². The number of anilines is 1. The van der Waals surface area contributed by atoms with E-state index in [1.54, 1.807) is 35.6 Å². The normalized spacial score (nSPS) is 11.7. The van der Waals surface area contributed by atoms with Crippen LogP contribution in [0.2, 0.25) is 0 Å². The predicted octanol–water partition coefficient (Wildman–Crippen LogP) is 4.69. The number of amides is 2. The number of carbonyl (C=O) groups is 2. The molecule has 2 amide bonds. The van der Waals surface area contributed by atoms with Gasteiger partial charge >= 0.3 is 0 Å². The highest BCUT2D eigenvalue weighted by atomic mass is 32.2. The number of nitrogens with zero attached hydrogens (tertiary/aromatic N) is 3. The number of para-hydroxylation sites is 1. The van der Waals surface area contributed by atoms with Gasteiger partial charge in [-0.25, -0.2) is 0 Å². The molecule has 0 unspecified atom stereocenters. The van der Waals surface area contributed by atoms with E-state index in [1.807, 2.05) is 60.3 Å². The average Bonchev–Trinajstić information content (AvgIpc) is 3.49. The number of aromatic nitrogens is 3. The fraction of sp³-hybridized carbons (Fsp3) is 0.200. The van der Waals surface area contributed by atoms with Crippen molar-refractivity contribution in [1.29, 1.82) is 0 Å². The molecule has 4 aromatic rings. The van der Waals surface area contributed by atoms with Crippen LogP contribution in [0, 0.1) is 0 Å². The highest BCUT2D eigenvalue weighted by Crippen LogP contribution is 2.21. The standard InChI is InChI=1S/C25H25N5O2S2/c1-17(18-9-4-3-5-10-18)26-24(32)20-12-6-7-13-21(20)27-23(31)16-34-25-29-28-22(30(25)2)15-19-11-8-14-33-19/h3-14,17H,15-16H2,1-2H3,(H,26,32)(H,27,31)/t17-/m0/s1. The van der Waals surface area contributed by atoms with Crippen molar-refractivity contribution in [2.75, 3.05) is 11.1 Å². The second-order valence-electron chi connectivity index (χ2n) is 7.70. The van der Waals surface area contributed by atoms with Crippen molar-refractivity contribution in [1.82, 2.24) is 20.1 Å². The second-order valence-corrected chi connectivity index (χ2v) is 9.68. The maximum absolute atomic E-state index is 12.9. The van der Waals surface area contributed by atoms with Gasteiger partial charge in [-0.15, -0.1) is 21.5 Å². The summed E-state index contributed by atoms with van der Waals surface area (Å²) in [4.78, 5) is 26.8. The molecule has 2 aromatic heterocycles. The highest BCUT2D eigenvalue weighted by Gasteiger charge is 2.17. The molecule has 0 aliphatic carbocycles. The van der Waals surface area contributed by atoms with Gasteiger partial charge in [-0.2, -0.15) is 0 Å². The molecule has 34 heavy (non-hydrogen) atoms. The molecule has 0 spiro atoms. The summed E-state index contributed by atoms with van der Waals surface area (Å²) in [7, 11) is 1.90. The third-order valence-corrected chi connectivity index (χ3v) is 7.16. The highest BCUT2D eigenvalue weighted by molar-refractivity contribution is 7.99. The molecular weight excluding hydrogens is 466 g/mol. The Balaban J connectivity index is 1.36. The zero-order valence-corrected chi connectivity index (χ0v) is 20.5. The van der Waals surface area contributed by atoms with Crippen LogP contribution in [0.5, 0.6) is 0 Å². The van der Waals surface area contributed by atoms with Gasteiger partial charge in [0.2, 0.25) is 5.91 Å². The van der Waals surface area contributed by atoms with E-state index in [0.29, 0.717) is 22.8 Å². The van der Waals surface area contributed by atoms with Crippen molar-refractivity contribution in [3.05, 3.63) is 93.9 Å². The number of thiophene rings is 1. The van der Waals surface area contributed by atoms with Crippen LogP contribution in [0.3, 0.4) is 0 Å². The van der Waals surface area contributed by atoms with Crippen LogP contribution >= 0.6 is 23.1 Å². The van der Waals surface area contributed by atoms with Crippen molar-refractivity contribution in [2.45, 2.75) is 24.5 Å². The fourth-order valence-corrected chi connectivity index (χ4v) is 4.83. The number of carbonyl (C=O) groups excluding carboxylic acids is 2. The van der Waals surface area contributed by atoms with E-state index in [1.165, 1.54) is 16.6 Å². The molecule has 0 aliphatic heterocycles. The van der Waals surface area contributed by atoms with Gasteiger partial charge < -0.3 is 15.2 Å². The van der Waals surface area contributed by atoms with Gasteiger partial charge in [-0.3, -0.25) is 9.59 Å². The van der Waals surface area contributed by atoms with E-state index in [0.717, 1.165) is 11.4 Å². The molecule has 0 saturated heterocycles. The smallest absolute Gasteiger partial charge is 0.253 e. The first-order valence-corrected chi connectivity index (χ1v) is 12.7. The van der Waals surface area contributed by atoms with Crippen LogP contribution in [0.15, 0.2) is 77.3 Å². The van der Waals surface area contributed by atoms with Crippen molar-refractivity contribution in [2.24, 2.45) is 7.05 Å². The molecule has 0 bridgehead atoms. The first-order chi connectivity index (χ1) is 16.5. The van der Waals surface area contributed by atoms with E-state index in [4.69, 9.17) is 0 Å². The lowest BCUT2D eigenvalue weighted by atomic mass is 10.1. The SMILES string of the molecule is C[C@H](NC(=O)c1ccccc1NC(=O)CSc1nnc(Cc2cccs2)n1C)c1ccccc1. The van der Waals surface area contributed by atoms with Gasteiger partial charge in [0.05, 0.1) is 23.0 Å². The zero-order valence-electron chi connectivity index (χ0n) is 18.9. The number of benzene rings is 2. The second kappa shape index (κ2) is 11.1. The number of thioether (sulfide) groups is 1. The third-order valence-electron chi connectivity index (χ3n) is 5.26. The Morgan fingerprint density at radius 2 is 1.79 bits per heavy atom. The molecule has 7 nitrogen and oxygen atoms in total. The minimum absolute atomic E-state index is 0.154. The number of nitrogens with one attached hydrogen (secondary N) is 2. The van der Waals surface area contributed by atoms with Crippen molar-refractivity contribution in [3.63, 3.8) is 0 Å². The monoisotopic (exact) mass is 491 g/mol. The first-order valence-electron chi connectivity index (χ1n) is 10.8. The lowest BCUT2D eigenvalue weighted by Gasteiger charge is -2.16. The summed E-state index contributed by atoms with van der Waals surface area (Å²) in [5, 5.41) is 17.0. The van der Waals surface area contributed by atoms with Gasteiger partial charge in [0.25, 0.3) is 5.91 Å². The van der Waals surface area contributed by atoms with Crippen LogP contribution in [0.4, 0.5) is 5.69 Å². The van der Waals surface area contributed by atoms with Crippen LogP contribution in [-0.2, 0) is 18.3 Å². The van der Waals surface area contributed by atoms with Crippen molar-refractivity contribution >= 4 is 40.6 Å². The Labute approximate surface area is 206 Å². The van der Waals surface area contributed by atoms with Gasteiger partial charge in [0.15, 0.2) is 5.16 Å². The maximum Gasteiger partial charge on any atom is 0.253 e. The third kappa shape index (κ3) is 5.92. The zero-order chi connectivity index (χ0) is 23.9. The van der Waals surface area contributed by atoms with Crippen molar-refractivity contribution in [3.8, 4) is 0 Å². The Kier molecular flexibility index (Phi) is 7.76. The molecule has 1 atom stereocenters. The molecule has 0 aliphatic rings. The minimum atomic E-state index is -0.244. The quantitative estimate of drug-likeness (QED) is 0.332.